The molecule has 2 amide bonds. The van der Waals surface area contributed by atoms with Gasteiger partial charge in [-0.1, -0.05) is 30.3 Å². The summed E-state index contributed by atoms with van der Waals surface area (Å²) in [6.45, 7) is 1.48. The van der Waals surface area contributed by atoms with Crippen LogP contribution >= 0.6 is 0 Å². The van der Waals surface area contributed by atoms with Crippen molar-refractivity contribution in [2.45, 2.75) is 6.92 Å². The number of hydrazine groups is 1. The van der Waals surface area contributed by atoms with E-state index in [4.69, 9.17) is 0 Å². The lowest BCUT2D eigenvalue weighted by Gasteiger charge is -2.10. The highest BCUT2D eigenvalue weighted by Gasteiger charge is 2.04. The Balaban J connectivity index is 1.91. The number of benzene rings is 2. The number of ketones is 1. The van der Waals surface area contributed by atoms with Crippen molar-refractivity contribution >= 4 is 23.2 Å². The Kier molecular flexibility index (Phi) is 4.34. The summed E-state index contributed by atoms with van der Waals surface area (Å²) in [5, 5.41) is 2.64. The van der Waals surface area contributed by atoms with Gasteiger partial charge in [0.25, 0.3) is 0 Å². The van der Waals surface area contributed by atoms with E-state index in [9.17, 15) is 9.59 Å². The van der Waals surface area contributed by atoms with E-state index >= 15 is 0 Å². The van der Waals surface area contributed by atoms with Gasteiger partial charge in [0.05, 0.1) is 5.69 Å². The third-order valence-electron chi connectivity index (χ3n) is 2.62. The number of anilines is 2. The Morgan fingerprint density at radius 2 is 1.60 bits per heavy atom. The van der Waals surface area contributed by atoms with Gasteiger partial charge in [-0.2, -0.15) is 0 Å². The van der Waals surface area contributed by atoms with E-state index in [1.165, 1.54) is 6.92 Å². The largest absolute Gasteiger partial charge is 0.337 e. The molecule has 2 aromatic carbocycles. The van der Waals surface area contributed by atoms with E-state index in [-0.39, 0.29) is 5.78 Å². The first-order valence-corrected chi connectivity index (χ1v) is 6.14. The molecule has 0 aliphatic heterocycles. The van der Waals surface area contributed by atoms with Crippen LogP contribution in [0.25, 0.3) is 0 Å². The standard InChI is InChI=1S/C15H15N3O2/c1-11(19)12-6-5-9-14(10-12)16-15(20)18-17-13-7-3-2-4-8-13/h2-10,17H,1H3,(H2,16,18,20). The van der Waals surface area contributed by atoms with Crippen LogP contribution in [0.2, 0.25) is 0 Å². The Labute approximate surface area is 117 Å². The van der Waals surface area contributed by atoms with Crippen LogP contribution < -0.4 is 16.2 Å². The highest BCUT2D eigenvalue weighted by Crippen LogP contribution is 2.11. The minimum Gasteiger partial charge on any atom is -0.307 e. The number of rotatable bonds is 4. The van der Waals surface area contributed by atoms with Gasteiger partial charge in [-0.05, 0) is 31.2 Å². The quantitative estimate of drug-likeness (QED) is 0.590. The summed E-state index contributed by atoms with van der Waals surface area (Å²) >= 11 is 0. The number of carbonyl (C=O) groups excluding carboxylic acids is 2. The third kappa shape index (κ3) is 3.84. The Morgan fingerprint density at radius 3 is 2.30 bits per heavy atom. The van der Waals surface area contributed by atoms with Crippen LogP contribution in [0, 0.1) is 0 Å². The molecule has 0 unspecified atom stereocenters. The van der Waals surface area contributed by atoms with Crippen molar-refractivity contribution < 1.29 is 9.59 Å². The molecular weight excluding hydrogens is 254 g/mol. The van der Waals surface area contributed by atoms with Gasteiger partial charge in [-0.25, -0.2) is 4.79 Å². The molecule has 0 fully saturated rings. The number of nitrogens with one attached hydrogen (secondary N) is 3. The molecular formula is C15H15N3O2. The maximum absolute atomic E-state index is 11.7. The Bertz CT molecular complexity index is 612. The van der Waals surface area contributed by atoms with Crippen LogP contribution in [0.1, 0.15) is 17.3 Å². The molecule has 0 saturated heterocycles. The average Bonchev–Trinajstić information content (AvgIpc) is 2.46. The molecule has 0 aliphatic carbocycles. The minimum absolute atomic E-state index is 0.0449. The van der Waals surface area contributed by atoms with E-state index in [1.807, 2.05) is 30.3 Å². The molecule has 5 nitrogen and oxygen atoms in total. The number of hydrogen-bond donors (Lipinski definition) is 3. The summed E-state index contributed by atoms with van der Waals surface area (Å²) in [7, 11) is 0. The van der Waals surface area contributed by atoms with Gasteiger partial charge in [0.1, 0.15) is 0 Å². The van der Waals surface area contributed by atoms with Gasteiger partial charge >= 0.3 is 6.03 Å². The van der Waals surface area contributed by atoms with Crippen molar-refractivity contribution in [1.82, 2.24) is 5.43 Å². The first-order chi connectivity index (χ1) is 9.65. The lowest BCUT2D eigenvalue weighted by atomic mass is 10.1. The molecule has 0 radical (unpaired) electrons. The summed E-state index contributed by atoms with van der Waals surface area (Å²) in [5.41, 5.74) is 7.18. The maximum atomic E-state index is 11.7. The fraction of sp³-hybridized carbons (Fsp3) is 0.0667. The third-order valence-corrected chi connectivity index (χ3v) is 2.62. The zero-order valence-electron chi connectivity index (χ0n) is 11.0. The summed E-state index contributed by atoms with van der Waals surface area (Å²) in [6.07, 6.45) is 0. The predicted molar refractivity (Wildman–Crippen MR) is 78.7 cm³/mol. The predicted octanol–water partition coefficient (Wildman–Crippen LogP) is 3.04. The number of para-hydroxylation sites is 1. The zero-order chi connectivity index (χ0) is 14.4. The van der Waals surface area contributed by atoms with E-state index in [2.05, 4.69) is 16.2 Å². The lowest BCUT2D eigenvalue weighted by molar-refractivity contribution is 0.101. The highest BCUT2D eigenvalue weighted by atomic mass is 16.2. The molecule has 0 saturated carbocycles. The molecule has 0 aliphatic rings. The monoisotopic (exact) mass is 269 g/mol. The summed E-state index contributed by atoms with van der Waals surface area (Å²) < 4.78 is 0. The van der Waals surface area contributed by atoms with E-state index in [0.717, 1.165) is 5.69 Å². The van der Waals surface area contributed by atoms with E-state index in [1.54, 1.807) is 24.3 Å². The minimum atomic E-state index is -0.408. The molecule has 102 valence electrons. The molecule has 0 aromatic heterocycles. The zero-order valence-corrected chi connectivity index (χ0v) is 11.0. The molecule has 2 rings (SSSR count). The number of urea groups is 1. The van der Waals surface area contributed by atoms with Crippen molar-refractivity contribution in [3.63, 3.8) is 0 Å². The van der Waals surface area contributed by atoms with Gasteiger partial charge in [0.2, 0.25) is 0 Å². The Hall–Kier alpha value is -2.82. The SMILES string of the molecule is CC(=O)c1cccc(NC(=O)NNc2ccccc2)c1. The van der Waals surface area contributed by atoms with Crippen LogP contribution in [0.4, 0.5) is 16.2 Å². The van der Waals surface area contributed by atoms with Gasteiger partial charge < -0.3 is 5.32 Å². The fourth-order valence-corrected chi connectivity index (χ4v) is 1.63. The van der Waals surface area contributed by atoms with Gasteiger partial charge in [0.15, 0.2) is 5.78 Å². The molecule has 20 heavy (non-hydrogen) atoms. The normalized spacial score (nSPS) is 9.65. The van der Waals surface area contributed by atoms with Crippen LogP contribution in [-0.2, 0) is 0 Å². The lowest BCUT2D eigenvalue weighted by Crippen LogP contribution is -2.33. The summed E-state index contributed by atoms with van der Waals surface area (Å²) in [4.78, 5) is 23.0. The summed E-state index contributed by atoms with van der Waals surface area (Å²) in [5.74, 6) is -0.0449. The van der Waals surface area contributed by atoms with Crippen LogP contribution in [0.15, 0.2) is 54.6 Å². The first kappa shape index (κ1) is 13.6. The van der Waals surface area contributed by atoms with E-state index in [0.29, 0.717) is 11.3 Å². The van der Waals surface area contributed by atoms with E-state index < -0.39 is 6.03 Å². The number of hydrogen-bond acceptors (Lipinski definition) is 3. The van der Waals surface area contributed by atoms with Crippen molar-refractivity contribution in [2.24, 2.45) is 0 Å². The topological polar surface area (TPSA) is 70.2 Å². The number of carbonyl (C=O) groups is 2. The maximum Gasteiger partial charge on any atom is 0.337 e. The van der Waals surface area contributed by atoms with Crippen molar-refractivity contribution in [3.05, 3.63) is 60.2 Å². The average molecular weight is 269 g/mol. The second-order valence-electron chi connectivity index (χ2n) is 4.21. The highest BCUT2D eigenvalue weighted by molar-refractivity contribution is 5.96. The fourth-order valence-electron chi connectivity index (χ4n) is 1.63. The molecule has 0 spiro atoms. The van der Waals surface area contributed by atoms with Crippen LogP contribution in [0.5, 0.6) is 0 Å². The summed E-state index contributed by atoms with van der Waals surface area (Å²) in [6, 6.07) is 15.6. The molecule has 0 heterocycles. The number of Topliss-reactive ketones (excluding diaryl/α,β-unsaturated/α-hetero) is 1. The first-order valence-electron chi connectivity index (χ1n) is 6.14. The molecule has 0 atom stereocenters. The van der Waals surface area contributed by atoms with Crippen molar-refractivity contribution in [2.75, 3.05) is 10.7 Å². The Morgan fingerprint density at radius 1 is 0.900 bits per heavy atom. The second kappa shape index (κ2) is 6.38. The van der Waals surface area contributed by atoms with Crippen molar-refractivity contribution in [1.29, 1.82) is 0 Å². The van der Waals surface area contributed by atoms with Crippen LogP contribution in [0.3, 0.4) is 0 Å². The molecule has 0 bridgehead atoms. The van der Waals surface area contributed by atoms with Gasteiger partial charge in [-0.15, -0.1) is 0 Å². The van der Waals surface area contributed by atoms with Crippen LogP contribution in [-0.4, -0.2) is 11.8 Å². The number of amides is 2. The van der Waals surface area contributed by atoms with Gasteiger partial charge in [0, 0.05) is 11.3 Å². The smallest absolute Gasteiger partial charge is 0.307 e. The molecule has 3 N–H and O–H groups in total. The second-order valence-corrected chi connectivity index (χ2v) is 4.21. The molecule has 2 aromatic rings. The molecule has 5 heteroatoms. The van der Waals surface area contributed by atoms with Gasteiger partial charge in [-0.3, -0.25) is 15.6 Å². The van der Waals surface area contributed by atoms with Crippen molar-refractivity contribution in [3.8, 4) is 0 Å².